The number of rotatable bonds is 5. The summed E-state index contributed by atoms with van der Waals surface area (Å²) in [6.45, 7) is 3.81. The summed E-state index contributed by atoms with van der Waals surface area (Å²) in [5, 5.41) is 2.58. The van der Waals surface area contributed by atoms with Gasteiger partial charge in [-0.15, -0.1) is 0 Å². The van der Waals surface area contributed by atoms with Crippen molar-refractivity contribution in [3.05, 3.63) is 88.2 Å². The molecule has 3 aromatic carbocycles. The highest BCUT2D eigenvalue weighted by atomic mass is 35.5. The second-order valence-corrected chi connectivity index (χ2v) is 8.60. The lowest BCUT2D eigenvalue weighted by Gasteiger charge is -2.12. The molecule has 3 aromatic rings. The van der Waals surface area contributed by atoms with Crippen LogP contribution in [-0.4, -0.2) is 14.3 Å². The Morgan fingerprint density at radius 2 is 1.69 bits per heavy atom. The van der Waals surface area contributed by atoms with Gasteiger partial charge in [-0.3, -0.25) is 9.52 Å². The van der Waals surface area contributed by atoms with E-state index in [2.05, 4.69) is 10.0 Å². The number of aryl methyl sites for hydroxylation is 2. The number of amides is 1. The number of benzene rings is 3. The minimum atomic E-state index is -3.94. The van der Waals surface area contributed by atoms with Gasteiger partial charge < -0.3 is 5.32 Å². The van der Waals surface area contributed by atoms with E-state index in [1.165, 1.54) is 36.4 Å². The van der Waals surface area contributed by atoms with Crippen LogP contribution in [0.5, 0.6) is 0 Å². The van der Waals surface area contributed by atoms with Crippen LogP contribution >= 0.6 is 11.6 Å². The molecule has 0 heterocycles. The van der Waals surface area contributed by atoms with Gasteiger partial charge in [-0.25, -0.2) is 12.8 Å². The van der Waals surface area contributed by atoms with Gasteiger partial charge in [-0.1, -0.05) is 23.7 Å². The van der Waals surface area contributed by atoms with E-state index in [0.717, 1.165) is 17.2 Å². The monoisotopic (exact) mass is 432 g/mol. The fraction of sp³-hybridized carbons (Fsp3) is 0.0952. The Balaban J connectivity index is 1.88. The highest BCUT2D eigenvalue weighted by molar-refractivity contribution is 7.92. The topological polar surface area (TPSA) is 75.3 Å². The number of carbonyl (C=O) groups is 1. The molecule has 3 rings (SSSR count). The number of sulfonamides is 1. The van der Waals surface area contributed by atoms with Crippen molar-refractivity contribution < 1.29 is 17.6 Å². The predicted octanol–water partition coefficient (Wildman–Crippen LogP) is 5.15. The average molecular weight is 433 g/mol. The smallest absolute Gasteiger partial charge is 0.261 e. The van der Waals surface area contributed by atoms with E-state index in [4.69, 9.17) is 11.6 Å². The molecular weight excluding hydrogens is 415 g/mol. The molecule has 0 aliphatic carbocycles. The van der Waals surface area contributed by atoms with Crippen LogP contribution in [0.2, 0.25) is 5.02 Å². The Labute approximate surface area is 173 Å². The molecule has 0 saturated heterocycles. The summed E-state index contributed by atoms with van der Waals surface area (Å²) in [5.41, 5.74) is 2.58. The summed E-state index contributed by atoms with van der Waals surface area (Å²) in [7, 11) is -3.94. The van der Waals surface area contributed by atoms with Crippen LogP contribution in [-0.2, 0) is 10.0 Å². The molecule has 29 heavy (non-hydrogen) atoms. The van der Waals surface area contributed by atoms with Crippen molar-refractivity contribution in [2.24, 2.45) is 0 Å². The van der Waals surface area contributed by atoms with Gasteiger partial charge in [-0.2, -0.15) is 0 Å². The third-order valence-corrected chi connectivity index (χ3v) is 6.04. The van der Waals surface area contributed by atoms with E-state index in [-0.39, 0.29) is 21.2 Å². The highest BCUT2D eigenvalue weighted by Gasteiger charge is 2.19. The summed E-state index contributed by atoms with van der Waals surface area (Å²) in [4.78, 5) is 12.4. The van der Waals surface area contributed by atoms with Crippen molar-refractivity contribution in [2.45, 2.75) is 18.7 Å². The summed E-state index contributed by atoms with van der Waals surface area (Å²) in [6, 6.07) is 14.4. The zero-order valence-corrected chi connectivity index (χ0v) is 17.2. The zero-order valence-electron chi connectivity index (χ0n) is 15.7. The highest BCUT2D eigenvalue weighted by Crippen LogP contribution is 2.24. The van der Waals surface area contributed by atoms with Gasteiger partial charge in [0.2, 0.25) is 0 Å². The third kappa shape index (κ3) is 4.93. The first-order valence-corrected chi connectivity index (χ1v) is 10.5. The molecule has 8 heteroatoms. The lowest BCUT2D eigenvalue weighted by atomic mass is 10.1. The Morgan fingerprint density at radius 1 is 0.931 bits per heavy atom. The van der Waals surface area contributed by atoms with Gasteiger partial charge >= 0.3 is 0 Å². The zero-order chi connectivity index (χ0) is 21.2. The second-order valence-electron chi connectivity index (χ2n) is 6.51. The number of hydrogen-bond acceptors (Lipinski definition) is 3. The molecule has 0 aromatic heterocycles. The molecule has 0 saturated carbocycles. The van der Waals surface area contributed by atoms with Crippen LogP contribution in [0, 0.1) is 19.7 Å². The number of hydrogen-bond donors (Lipinski definition) is 2. The van der Waals surface area contributed by atoms with Crippen molar-refractivity contribution in [3.8, 4) is 0 Å². The molecule has 0 atom stereocenters. The van der Waals surface area contributed by atoms with Crippen LogP contribution in [0.15, 0.2) is 65.6 Å². The number of halogens is 2. The van der Waals surface area contributed by atoms with Crippen molar-refractivity contribution in [3.63, 3.8) is 0 Å². The standard InChI is InChI=1S/C21H18ClFN2O3S/c1-13-6-7-17(10-14(13)2)25-29(27,28)18-8-9-20(22)19(12-18)21(26)24-16-5-3-4-15(23)11-16/h3-12,25H,1-2H3,(H,24,26). The van der Waals surface area contributed by atoms with E-state index < -0.39 is 21.7 Å². The summed E-state index contributed by atoms with van der Waals surface area (Å²) in [6.07, 6.45) is 0. The van der Waals surface area contributed by atoms with Crippen LogP contribution in [0.1, 0.15) is 21.5 Å². The molecule has 0 aliphatic heterocycles. The molecule has 0 unspecified atom stereocenters. The van der Waals surface area contributed by atoms with Crippen LogP contribution in [0.3, 0.4) is 0 Å². The Kier molecular flexibility index (Phi) is 5.91. The van der Waals surface area contributed by atoms with Gasteiger partial charge in [0, 0.05) is 11.4 Å². The molecule has 0 bridgehead atoms. The van der Waals surface area contributed by atoms with Crippen molar-refractivity contribution in [2.75, 3.05) is 10.0 Å². The van der Waals surface area contributed by atoms with Crippen LogP contribution < -0.4 is 10.0 Å². The maximum atomic E-state index is 13.3. The van der Waals surface area contributed by atoms with E-state index in [9.17, 15) is 17.6 Å². The SMILES string of the molecule is Cc1ccc(NS(=O)(=O)c2ccc(Cl)c(C(=O)Nc3cccc(F)c3)c2)cc1C. The predicted molar refractivity (Wildman–Crippen MR) is 113 cm³/mol. The summed E-state index contributed by atoms with van der Waals surface area (Å²) in [5.74, 6) is -1.16. The van der Waals surface area contributed by atoms with Crippen molar-refractivity contribution in [1.82, 2.24) is 0 Å². The lowest BCUT2D eigenvalue weighted by molar-refractivity contribution is 0.102. The Bertz CT molecular complexity index is 1200. The van der Waals surface area contributed by atoms with Crippen LogP contribution in [0.4, 0.5) is 15.8 Å². The van der Waals surface area contributed by atoms with Gasteiger partial charge in [-0.05, 0) is 73.5 Å². The molecule has 0 aliphatic rings. The Hall–Kier alpha value is -2.90. The van der Waals surface area contributed by atoms with E-state index in [1.54, 1.807) is 12.1 Å². The number of nitrogens with one attached hydrogen (secondary N) is 2. The van der Waals surface area contributed by atoms with Gasteiger partial charge in [0.1, 0.15) is 5.82 Å². The minimum absolute atomic E-state index is 0.0427. The first-order valence-electron chi connectivity index (χ1n) is 8.62. The molecule has 150 valence electrons. The number of carbonyl (C=O) groups excluding carboxylic acids is 1. The van der Waals surface area contributed by atoms with E-state index in [1.807, 2.05) is 19.9 Å². The third-order valence-electron chi connectivity index (χ3n) is 4.33. The van der Waals surface area contributed by atoms with Crippen LogP contribution in [0.25, 0.3) is 0 Å². The molecule has 2 N–H and O–H groups in total. The largest absolute Gasteiger partial charge is 0.322 e. The Morgan fingerprint density at radius 3 is 2.38 bits per heavy atom. The normalized spacial score (nSPS) is 11.2. The minimum Gasteiger partial charge on any atom is -0.322 e. The second kappa shape index (κ2) is 8.23. The number of anilines is 2. The van der Waals surface area contributed by atoms with Crippen molar-refractivity contribution >= 4 is 38.9 Å². The quantitative estimate of drug-likeness (QED) is 0.585. The fourth-order valence-electron chi connectivity index (χ4n) is 2.63. The van der Waals surface area contributed by atoms with Crippen molar-refractivity contribution in [1.29, 1.82) is 0 Å². The van der Waals surface area contributed by atoms with Gasteiger partial charge in [0.15, 0.2) is 0 Å². The van der Waals surface area contributed by atoms with E-state index >= 15 is 0 Å². The lowest BCUT2D eigenvalue weighted by Crippen LogP contribution is -2.16. The molecule has 5 nitrogen and oxygen atoms in total. The van der Waals surface area contributed by atoms with Gasteiger partial charge in [0.05, 0.1) is 15.5 Å². The maximum Gasteiger partial charge on any atom is 0.261 e. The van der Waals surface area contributed by atoms with Gasteiger partial charge in [0.25, 0.3) is 15.9 Å². The molecule has 0 spiro atoms. The first kappa shape index (κ1) is 20.8. The molecule has 0 radical (unpaired) electrons. The molecule has 1 amide bonds. The summed E-state index contributed by atoms with van der Waals surface area (Å²) >= 11 is 6.09. The first-order chi connectivity index (χ1) is 13.7. The van der Waals surface area contributed by atoms with E-state index in [0.29, 0.717) is 5.69 Å². The molecular formula is C21H18ClFN2O3S. The maximum absolute atomic E-state index is 13.3. The molecule has 0 fully saturated rings. The fourth-order valence-corrected chi connectivity index (χ4v) is 3.91. The average Bonchev–Trinajstić information content (AvgIpc) is 2.64. The summed E-state index contributed by atoms with van der Waals surface area (Å²) < 4.78 is 41.3.